The van der Waals surface area contributed by atoms with Crippen LogP contribution in [0, 0.1) is 0 Å². The van der Waals surface area contributed by atoms with Gasteiger partial charge in [0.05, 0.1) is 19.3 Å². The van der Waals surface area contributed by atoms with E-state index in [1.54, 1.807) is 7.11 Å². The largest absolute Gasteiger partial charge is 0.497 e. The molecule has 1 spiro atoms. The van der Waals surface area contributed by atoms with Gasteiger partial charge in [0.25, 0.3) is 0 Å². The van der Waals surface area contributed by atoms with Crippen molar-refractivity contribution in [2.45, 2.75) is 43.9 Å². The van der Waals surface area contributed by atoms with E-state index in [9.17, 15) is 0 Å². The summed E-state index contributed by atoms with van der Waals surface area (Å²) in [5, 5.41) is 3.75. The molecule has 4 heteroatoms. The summed E-state index contributed by atoms with van der Waals surface area (Å²) in [5.41, 5.74) is 1.22. The molecule has 2 saturated heterocycles. The van der Waals surface area contributed by atoms with Crippen molar-refractivity contribution in [1.82, 2.24) is 5.32 Å². The van der Waals surface area contributed by atoms with Gasteiger partial charge in [0, 0.05) is 31.7 Å². The average Bonchev–Trinajstić information content (AvgIpc) is 2.95. The molecule has 21 heavy (non-hydrogen) atoms. The van der Waals surface area contributed by atoms with E-state index in [1.165, 1.54) is 5.56 Å². The molecular weight excluding hydrogens is 266 g/mol. The first-order valence-electron chi connectivity index (χ1n) is 7.82. The zero-order valence-corrected chi connectivity index (χ0v) is 12.9. The number of methoxy groups -OCH3 is 1. The van der Waals surface area contributed by atoms with Crippen molar-refractivity contribution < 1.29 is 14.2 Å². The van der Waals surface area contributed by atoms with Gasteiger partial charge in [-0.25, -0.2) is 0 Å². The highest BCUT2D eigenvalue weighted by molar-refractivity contribution is 5.30. The third kappa shape index (κ3) is 3.39. The van der Waals surface area contributed by atoms with E-state index in [-0.39, 0.29) is 5.60 Å². The van der Waals surface area contributed by atoms with Crippen LogP contribution in [0.1, 0.15) is 37.8 Å². The maximum Gasteiger partial charge on any atom is 0.119 e. The molecule has 1 aromatic rings. The summed E-state index contributed by atoms with van der Waals surface area (Å²) in [6.07, 6.45) is 3.14. The van der Waals surface area contributed by atoms with Crippen LogP contribution in [-0.4, -0.2) is 38.6 Å². The van der Waals surface area contributed by atoms with Gasteiger partial charge in [0.2, 0.25) is 0 Å². The molecule has 0 aromatic heterocycles. The number of hydrogen-bond acceptors (Lipinski definition) is 4. The molecule has 0 aliphatic carbocycles. The second kappa shape index (κ2) is 6.34. The number of rotatable bonds is 4. The molecule has 3 rings (SSSR count). The molecule has 1 N–H and O–H groups in total. The molecule has 0 amide bonds. The van der Waals surface area contributed by atoms with Crippen molar-refractivity contribution in [2.75, 3.05) is 26.9 Å². The monoisotopic (exact) mass is 291 g/mol. The minimum absolute atomic E-state index is 0.0377. The van der Waals surface area contributed by atoms with E-state index in [0.717, 1.165) is 44.8 Å². The maximum atomic E-state index is 6.00. The Labute approximate surface area is 126 Å². The van der Waals surface area contributed by atoms with Gasteiger partial charge in [-0.15, -0.1) is 0 Å². The topological polar surface area (TPSA) is 39.7 Å². The summed E-state index contributed by atoms with van der Waals surface area (Å²) >= 11 is 0. The van der Waals surface area contributed by atoms with E-state index in [4.69, 9.17) is 14.2 Å². The van der Waals surface area contributed by atoms with Crippen molar-refractivity contribution in [2.24, 2.45) is 0 Å². The van der Waals surface area contributed by atoms with Crippen molar-refractivity contribution in [3.8, 4) is 5.75 Å². The lowest BCUT2D eigenvalue weighted by atomic mass is 9.89. The highest BCUT2D eigenvalue weighted by Gasteiger charge is 2.41. The second-order valence-electron chi connectivity index (χ2n) is 6.19. The molecule has 4 nitrogen and oxygen atoms in total. The Kier molecular flexibility index (Phi) is 4.48. The smallest absolute Gasteiger partial charge is 0.119 e. The predicted octanol–water partition coefficient (Wildman–Crippen LogP) is 2.68. The zero-order valence-electron chi connectivity index (χ0n) is 12.9. The summed E-state index contributed by atoms with van der Waals surface area (Å²) in [4.78, 5) is 0. The molecule has 0 saturated carbocycles. The molecule has 0 bridgehead atoms. The Morgan fingerprint density at radius 1 is 1.38 bits per heavy atom. The Morgan fingerprint density at radius 3 is 3.05 bits per heavy atom. The molecule has 2 heterocycles. The van der Waals surface area contributed by atoms with Crippen LogP contribution in [0.4, 0.5) is 0 Å². The quantitative estimate of drug-likeness (QED) is 0.926. The summed E-state index contributed by atoms with van der Waals surface area (Å²) < 4.78 is 16.8. The minimum Gasteiger partial charge on any atom is -0.497 e. The van der Waals surface area contributed by atoms with E-state index in [1.807, 2.05) is 12.1 Å². The number of hydrogen-bond donors (Lipinski definition) is 1. The van der Waals surface area contributed by atoms with Crippen molar-refractivity contribution in [1.29, 1.82) is 0 Å². The van der Waals surface area contributed by atoms with Gasteiger partial charge in [-0.1, -0.05) is 12.1 Å². The first-order valence-corrected chi connectivity index (χ1v) is 7.82. The molecule has 2 aliphatic rings. The molecule has 0 radical (unpaired) electrons. The third-order valence-electron chi connectivity index (χ3n) is 4.64. The predicted molar refractivity (Wildman–Crippen MR) is 81.7 cm³/mol. The van der Waals surface area contributed by atoms with Crippen LogP contribution in [0.3, 0.4) is 0 Å². The van der Waals surface area contributed by atoms with Crippen molar-refractivity contribution >= 4 is 0 Å². The lowest BCUT2D eigenvalue weighted by Crippen LogP contribution is -2.48. The Bertz CT molecular complexity index is 471. The fourth-order valence-electron chi connectivity index (χ4n) is 3.39. The second-order valence-corrected chi connectivity index (χ2v) is 6.19. The van der Waals surface area contributed by atoms with Crippen LogP contribution in [0.2, 0.25) is 0 Å². The zero-order chi connectivity index (χ0) is 14.7. The van der Waals surface area contributed by atoms with Crippen LogP contribution >= 0.6 is 0 Å². The fourth-order valence-corrected chi connectivity index (χ4v) is 3.39. The van der Waals surface area contributed by atoms with Crippen LogP contribution in [-0.2, 0) is 9.47 Å². The molecule has 3 atom stereocenters. The van der Waals surface area contributed by atoms with Crippen LogP contribution in [0.5, 0.6) is 5.75 Å². The Balaban J connectivity index is 1.62. The van der Waals surface area contributed by atoms with Crippen molar-refractivity contribution in [3.05, 3.63) is 29.8 Å². The number of benzene rings is 1. The summed E-state index contributed by atoms with van der Waals surface area (Å²) in [5.74, 6) is 0.911. The van der Waals surface area contributed by atoms with Gasteiger partial charge < -0.3 is 19.5 Å². The Hall–Kier alpha value is -1.10. The minimum atomic E-state index is -0.0377. The number of ether oxygens (including phenoxy) is 3. The number of nitrogens with one attached hydrogen (secondary N) is 1. The highest BCUT2D eigenvalue weighted by Crippen LogP contribution is 2.33. The average molecular weight is 291 g/mol. The molecular formula is C17H25NO3. The molecule has 1 aromatic carbocycles. The maximum absolute atomic E-state index is 6.00. The van der Waals surface area contributed by atoms with Gasteiger partial charge in [-0.2, -0.15) is 0 Å². The molecule has 2 fully saturated rings. The highest BCUT2D eigenvalue weighted by atomic mass is 16.6. The SMILES string of the molecule is COc1cccc([C@H](C)NC2CCOC3(CCOC3)C2)c1. The Morgan fingerprint density at radius 2 is 2.29 bits per heavy atom. The van der Waals surface area contributed by atoms with E-state index in [2.05, 4.69) is 24.4 Å². The molecule has 116 valence electrons. The van der Waals surface area contributed by atoms with Gasteiger partial charge in [-0.05, 0) is 37.5 Å². The van der Waals surface area contributed by atoms with Gasteiger partial charge in [0.15, 0.2) is 0 Å². The normalized spacial score (nSPS) is 30.5. The summed E-state index contributed by atoms with van der Waals surface area (Å²) in [6.45, 7) is 4.62. The van der Waals surface area contributed by atoms with Gasteiger partial charge in [-0.3, -0.25) is 0 Å². The molecule has 2 aliphatic heterocycles. The summed E-state index contributed by atoms with van der Waals surface area (Å²) in [6, 6.07) is 9.07. The van der Waals surface area contributed by atoms with Gasteiger partial charge >= 0.3 is 0 Å². The first kappa shape index (κ1) is 14.8. The first-order chi connectivity index (χ1) is 10.2. The van der Waals surface area contributed by atoms with Crippen LogP contribution in [0.25, 0.3) is 0 Å². The fraction of sp³-hybridized carbons (Fsp3) is 0.647. The lowest BCUT2D eigenvalue weighted by molar-refractivity contribution is -0.0902. The van der Waals surface area contributed by atoms with Crippen LogP contribution < -0.4 is 10.1 Å². The van der Waals surface area contributed by atoms with Gasteiger partial charge in [0.1, 0.15) is 5.75 Å². The van der Waals surface area contributed by atoms with Crippen molar-refractivity contribution in [3.63, 3.8) is 0 Å². The lowest BCUT2D eigenvalue weighted by Gasteiger charge is -2.38. The molecule has 2 unspecified atom stereocenters. The van der Waals surface area contributed by atoms with E-state index in [0.29, 0.717) is 12.1 Å². The standard InChI is InChI=1S/C17H25NO3/c1-13(14-4-3-5-16(10-14)19-2)18-15-6-8-21-17(11-15)7-9-20-12-17/h3-5,10,13,15,18H,6-9,11-12H2,1-2H3/t13-,15?,17?/m0/s1. The van der Waals surface area contributed by atoms with Crippen LogP contribution in [0.15, 0.2) is 24.3 Å². The van der Waals surface area contributed by atoms with E-state index >= 15 is 0 Å². The summed E-state index contributed by atoms with van der Waals surface area (Å²) in [7, 11) is 1.71. The van der Waals surface area contributed by atoms with E-state index < -0.39 is 0 Å². The third-order valence-corrected chi connectivity index (χ3v) is 4.64.